The van der Waals surface area contributed by atoms with Gasteiger partial charge in [0.05, 0.1) is 5.38 Å². The van der Waals surface area contributed by atoms with Crippen molar-refractivity contribution >= 4 is 33.0 Å². The molecule has 2 aromatic carbocycles. The molecule has 0 unspecified atom stereocenters. The summed E-state index contributed by atoms with van der Waals surface area (Å²) >= 11 is 1.69. The average molecular weight is 248 g/mol. The number of fused-ring (bicyclic) bond motifs is 2. The van der Waals surface area contributed by atoms with Crippen molar-refractivity contribution in [3.05, 3.63) is 60.1 Å². The molecule has 1 N–H and O–H groups in total. The number of para-hydroxylation sites is 1. The Labute approximate surface area is 109 Å². The Morgan fingerprint density at radius 2 is 1.67 bits per heavy atom. The zero-order valence-electron chi connectivity index (χ0n) is 9.60. The first kappa shape index (κ1) is 9.92. The summed E-state index contributed by atoms with van der Waals surface area (Å²) in [7, 11) is 0. The monoisotopic (exact) mass is 248 g/mol. The highest BCUT2D eigenvalue weighted by molar-refractivity contribution is 7.15. The molecule has 0 saturated carbocycles. The molecule has 1 radical (unpaired) electrons. The van der Waals surface area contributed by atoms with Crippen LogP contribution in [0.3, 0.4) is 0 Å². The molecular weight excluding hydrogens is 238 g/mol. The third-order valence-corrected chi connectivity index (χ3v) is 4.23. The van der Waals surface area contributed by atoms with Crippen LogP contribution in [-0.2, 0) is 0 Å². The van der Waals surface area contributed by atoms with E-state index in [2.05, 4.69) is 65.1 Å². The normalized spacial score (nSPS) is 11.3. The highest BCUT2D eigenvalue weighted by Crippen LogP contribution is 2.37. The van der Waals surface area contributed by atoms with Crippen molar-refractivity contribution in [2.75, 3.05) is 0 Å². The summed E-state index contributed by atoms with van der Waals surface area (Å²) in [6, 6.07) is 16.8. The van der Waals surface area contributed by atoms with Gasteiger partial charge < -0.3 is 4.98 Å². The molecule has 0 aliphatic heterocycles. The van der Waals surface area contributed by atoms with Crippen molar-refractivity contribution in [3.63, 3.8) is 0 Å². The number of hydrogen-bond donors (Lipinski definition) is 1. The number of H-pyrrole nitrogens is 1. The van der Waals surface area contributed by atoms with Crippen LogP contribution >= 0.6 is 11.3 Å². The van der Waals surface area contributed by atoms with Crippen molar-refractivity contribution < 1.29 is 0 Å². The van der Waals surface area contributed by atoms with Crippen LogP contribution in [0.5, 0.6) is 0 Å². The van der Waals surface area contributed by atoms with Gasteiger partial charge in [-0.1, -0.05) is 42.5 Å². The SMILES string of the molecule is [c]1sc(-c2c[nH]c3ccccc23)c2ccccc12. The topological polar surface area (TPSA) is 15.8 Å². The lowest BCUT2D eigenvalue weighted by Crippen LogP contribution is -1.71. The molecule has 0 atom stereocenters. The second-order valence-electron chi connectivity index (χ2n) is 4.33. The first-order valence-electron chi connectivity index (χ1n) is 5.89. The van der Waals surface area contributed by atoms with Gasteiger partial charge in [-0.2, -0.15) is 0 Å². The summed E-state index contributed by atoms with van der Waals surface area (Å²) in [5.74, 6) is 0. The number of aromatic amines is 1. The zero-order valence-corrected chi connectivity index (χ0v) is 10.4. The molecule has 0 aliphatic carbocycles. The van der Waals surface area contributed by atoms with E-state index in [0.717, 1.165) is 0 Å². The Bertz CT molecular complexity index is 766. The molecule has 85 valence electrons. The Kier molecular flexibility index (Phi) is 2.05. The van der Waals surface area contributed by atoms with Gasteiger partial charge in [-0.3, -0.25) is 0 Å². The lowest BCUT2D eigenvalue weighted by molar-refractivity contribution is 1.48. The molecule has 2 aromatic heterocycles. The molecule has 0 aliphatic rings. The minimum absolute atomic E-state index is 1.19. The fraction of sp³-hybridized carbons (Fsp3) is 0. The number of aromatic nitrogens is 1. The van der Waals surface area contributed by atoms with Crippen molar-refractivity contribution in [2.24, 2.45) is 0 Å². The lowest BCUT2D eigenvalue weighted by atomic mass is 10.1. The van der Waals surface area contributed by atoms with E-state index >= 15 is 0 Å². The summed E-state index contributed by atoms with van der Waals surface area (Å²) < 4.78 is 0. The van der Waals surface area contributed by atoms with Crippen molar-refractivity contribution in [1.29, 1.82) is 0 Å². The van der Waals surface area contributed by atoms with E-state index in [9.17, 15) is 0 Å². The Hall–Kier alpha value is -2.06. The van der Waals surface area contributed by atoms with E-state index in [1.54, 1.807) is 11.3 Å². The molecule has 0 spiro atoms. The number of thiophene rings is 1. The van der Waals surface area contributed by atoms with Gasteiger partial charge in [0.2, 0.25) is 0 Å². The quantitative estimate of drug-likeness (QED) is 0.495. The number of rotatable bonds is 1. The van der Waals surface area contributed by atoms with Crippen LogP contribution in [0.1, 0.15) is 0 Å². The molecule has 0 amide bonds. The van der Waals surface area contributed by atoms with E-state index in [1.165, 1.54) is 32.1 Å². The second kappa shape index (κ2) is 3.72. The Morgan fingerprint density at radius 3 is 2.61 bits per heavy atom. The summed E-state index contributed by atoms with van der Waals surface area (Å²) in [6.45, 7) is 0. The van der Waals surface area contributed by atoms with E-state index in [1.807, 2.05) is 0 Å². The molecule has 4 rings (SSSR count). The molecule has 2 heteroatoms. The van der Waals surface area contributed by atoms with E-state index in [4.69, 9.17) is 0 Å². The van der Waals surface area contributed by atoms with Gasteiger partial charge in [-0.25, -0.2) is 0 Å². The maximum absolute atomic E-state index is 3.37. The molecule has 0 bridgehead atoms. The molecule has 2 heterocycles. The van der Waals surface area contributed by atoms with Crippen LogP contribution < -0.4 is 0 Å². The first-order chi connectivity index (χ1) is 8.93. The van der Waals surface area contributed by atoms with Gasteiger partial charge in [-0.15, -0.1) is 11.3 Å². The minimum Gasteiger partial charge on any atom is -0.361 e. The summed E-state index contributed by atoms with van der Waals surface area (Å²) in [5.41, 5.74) is 2.46. The van der Waals surface area contributed by atoms with Crippen LogP contribution in [0, 0.1) is 5.38 Å². The number of nitrogens with one attached hydrogen (secondary N) is 1. The Balaban J connectivity index is 2.08. The van der Waals surface area contributed by atoms with Gasteiger partial charge in [-0.05, 0) is 6.07 Å². The zero-order chi connectivity index (χ0) is 11.9. The summed E-state index contributed by atoms with van der Waals surface area (Å²) in [6.07, 6.45) is 2.09. The third-order valence-electron chi connectivity index (χ3n) is 3.27. The predicted octanol–water partition coefficient (Wildman–Crippen LogP) is 4.85. The van der Waals surface area contributed by atoms with Crippen molar-refractivity contribution in [1.82, 2.24) is 4.98 Å². The summed E-state index contributed by atoms with van der Waals surface area (Å²) in [4.78, 5) is 4.63. The smallest absolute Gasteiger partial charge is 0.0534 e. The van der Waals surface area contributed by atoms with E-state index in [0.29, 0.717) is 0 Å². The minimum atomic E-state index is 1.19. The first-order valence-corrected chi connectivity index (χ1v) is 6.71. The number of hydrogen-bond acceptors (Lipinski definition) is 1. The van der Waals surface area contributed by atoms with Gasteiger partial charge in [0, 0.05) is 38.3 Å². The van der Waals surface area contributed by atoms with Crippen molar-refractivity contribution in [3.8, 4) is 10.4 Å². The lowest BCUT2D eigenvalue weighted by Gasteiger charge is -1.97. The highest BCUT2D eigenvalue weighted by Gasteiger charge is 2.10. The molecule has 18 heavy (non-hydrogen) atoms. The second-order valence-corrected chi connectivity index (χ2v) is 5.14. The van der Waals surface area contributed by atoms with E-state index in [-0.39, 0.29) is 0 Å². The van der Waals surface area contributed by atoms with Crippen LogP contribution in [0.4, 0.5) is 0 Å². The molecule has 0 saturated heterocycles. The highest BCUT2D eigenvalue weighted by atomic mass is 32.1. The van der Waals surface area contributed by atoms with Crippen LogP contribution in [0.25, 0.3) is 32.1 Å². The van der Waals surface area contributed by atoms with Crippen LogP contribution in [-0.4, -0.2) is 4.98 Å². The largest absolute Gasteiger partial charge is 0.361 e. The average Bonchev–Trinajstić information content (AvgIpc) is 3.01. The fourth-order valence-electron chi connectivity index (χ4n) is 2.39. The van der Waals surface area contributed by atoms with E-state index < -0.39 is 0 Å². The van der Waals surface area contributed by atoms with Crippen molar-refractivity contribution in [2.45, 2.75) is 0 Å². The predicted molar refractivity (Wildman–Crippen MR) is 78.0 cm³/mol. The fourth-order valence-corrected chi connectivity index (χ4v) is 3.35. The van der Waals surface area contributed by atoms with Gasteiger partial charge >= 0.3 is 0 Å². The third kappa shape index (κ3) is 1.33. The van der Waals surface area contributed by atoms with Gasteiger partial charge in [0.25, 0.3) is 0 Å². The summed E-state index contributed by atoms with van der Waals surface area (Å²) in [5, 5.41) is 7.13. The Morgan fingerprint density at radius 1 is 0.889 bits per heavy atom. The van der Waals surface area contributed by atoms with Crippen LogP contribution in [0.15, 0.2) is 54.7 Å². The molecular formula is C16H10NS. The van der Waals surface area contributed by atoms with Crippen LogP contribution in [0.2, 0.25) is 0 Å². The van der Waals surface area contributed by atoms with Gasteiger partial charge in [0.1, 0.15) is 0 Å². The number of benzene rings is 2. The molecule has 0 fully saturated rings. The molecule has 4 aromatic rings. The standard InChI is InChI=1S/C16H10NS/c1-2-6-12-11(5-1)10-18-16(12)14-9-17-15-8-4-3-7-13(14)15/h1-9,17H. The van der Waals surface area contributed by atoms with Gasteiger partial charge in [0.15, 0.2) is 0 Å². The maximum Gasteiger partial charge on any atom is 0.0534 e. The molecule has 1 nitrogen and oxygen atoms in total. The maximum atomic E-state index is 3.37.